The van der Waals surface area contributed by atoms with Gasteiger partial charge in [-0.25, -0.2) is 8.78 Å². The van der Waals surface area contributed by atoms with Crippen molar-refractivity contribution >= 4 is 12.6 Å². The van der Waals surface area contributed by atoms with Crippen molar-refractivity contribution in [1.82, 2.24) is 0 Å². The highest BCUT2D eigenvalue weighted by Gasteiger charge is 2.40. The average molecular weight is 258 g/mol. The van der Waals surface area contributed by atoms with Gasteiger partial charge in [0.15, 0.2) is 11.6 Å². The van der Waals surface area contributed by atoms with Crippen molar-refractivity contribution in [1.29, 1.82) is 0 Å². The summed E-state index contributed by atoms with van der Waals surface area (Å²) in [4.78, 5) is 0. The zero-order valence-electron chi connectivity index (χ0n) is 10.9. The molecule has 2 N–H and O–H groups in total. The summed E-state index contributed by atoms with van der Waals surface area (Å²) in [5.74, 6) is -2.22. The minimum Gasteiger partial charge on any atom is -0.423 e. The molecule has 0 bridgehead atoms. The third kappa shape index (κ3) is 3.07. The number of rotatable bonds is 4. The number of aliphatic hydroxyl groups is 1. The topological polar surface area (TPSA) is 49.7 Å². The lowest BCUT2D eigenvalue weighted by atomic mass is 9.76. The summed E-state index contributed by atoms with van der Waals surface area (Å²) in [5, 5.41) is 19.6. The van der Waals surface area contributed by atoms with E-state index < -0.39 is 30.0 Å². The quantitative estimate of drug-likeness (QED) is 0.798. The van der Waals surface area contributed by atoms with Crippen molar-refractivity contribution in [2.24, 2.45) is 0 Å². The molecular weight excluding hydrogens is 241 g/mol. The summed E-state index contributed by atoms with van der Waals surface area (Å²) in [5.41, 5.74) is -2.68. The SMILES string of the molecule is CC(C)(O)C(C)(C)OB(O)c1cccc(F)c1F. The molecule has 6 heteroatoms. The first-order valence-corrected chi connectivity index (χ1v) is 5.58. The normalized spacial score (nSPS) is 12.7. The van der Waals surface area contributed by atoms with E-state index in [4.69, 9.17) is 4.65 Å². The van der Waals surface area contributed by atoms with Crippen LogP contribution in [-0.2, 0) is 4.65 Å². The Bertz CT molecular complexity index is 430. The summed E-state index contributed by atoms with van der Waals surface area (Å²) in [6.45, 7) is 6.10. The largest absolute Gasteiger partial charge is 0.494 e. The maximum absolute atomic E-state index is 13.4. The monoisotopic (exact) mass is 258 g/mol. The van der Waals surface area contributed by atoms with E-state index in [-0.39, 0.29) is 5.46 Å². The zero-order chi connectivity index (χ0) is 14.1. The van der Waals surface area contributed by atoms with E-state index in [1.807, 2.05) is 0 Å². The van der Waals surface area contributed by atoms with E-state index in [9.17, 15) is 18.9 Å². The van der Waals surface area contributed by atoms with E-state index in [0.29, 0.717) is 0 Å². The molecule has 0 heterocycles. The highest BCUT2D eigenvalue weighted by Crippen LogP contribution is 2.25. The molecule has 1 aromatic carbocycles. The molecule has 0 spiro atoms. The number of halogens is 2. The number of hydrogen-bond donors (Lipinski definition) is 2. The van der Waals surface area contributed by atoms with Gasteiger partial charge in [-0.2, -0.15) is 0 Å². The standard InChI is InChI=1S/C12H17BF2O3/c1-11(2,16)12(3,4)18-13(17)8-6-5-7-9(14)10(8)15/h5-7,16-17H,1-4H3. The van der Waals surface area contributed by atoms with Crippen molar-refractivity contribution in [3.05, 3.63) is 29.8 Å². The fraction of sp³-hybridized carbons (Fsp3) is 0.500. The smallest absolute Gasteiger partial charge is 0.423 e. The first-order chi connectivity index (χ1) is 8.06. The second-order valence-electron chi connectivity index (χ2n) is 5.18. The molecule has 0 radical (unpaired) electrons. The molecule has 18 heavy (non-hydrogen) atoms. The van der Waals surface area contributed by atoms with Crippen LogP contribution in [0, 0.1) is 11.6 Å². The van der Waals surface area contributed by atoms with E-state index in [0.717, 1.165) is 6.07 Å². The van der Waals surface area contributed by atoms with Crippen LogP contribution in [0.5, 0.6) is 0 Å². The van der Waals surface area contributed by atoms with Crippen molar-refractivity contribution in [2.75, 3.05) is 0 Å². The molecule has 0 amide bonds. The molecule has 0 saturated carbocycles. The summed E-state index contributed by atoms with van der Waals surface area (Å²) < 4.78 is 31.7. The van der Waals surface area contributed by atoms with E-state index >= 15 is 0 Å². The van der Waals surface area contributed by atoms with Gasteiger partial charge < -0.3 is 14.8 Å². The molecule has 0 aromatic heterocycles. The first-order valence-electron chi connectivity index (χ1n) is 5.58. The minimum absolute atomic E-state index is 0.299. The maximum atomic E-state index is 13.4. The van der Waals surface area contributed by atoms with Gasteiger partial charge in [0.2, 0.25) is 0 Å². The van der Waals surface area contributed by atoms with Gasteiger partial charge >= 0.3 is 7.12 Å². The summed E-state index contributed by atoms with van der Waals surface area (Å²) in [6, 6.07) is 3.45. The Hall–Kier alpha value is -0.975. The van der Waals surface area contributed by atoms with Crippen molar-refractivity contribution in [3.63, 3.8) is 0 Å². The van der Waals surface area contributed by atoms with Crippen molar-refractivity contribution in [2.45, 2.75) is 38.9 Å². The molecule has 0 aliphatic heterocycles. The molecule has 0 fully saturated rings. The molecule has 0 aliphatic rings. The predicted molar refractivity (Wildman–Crippen MR) is 65.4 cm³/mol. The van der Waals surface area contributed by atoms with Crippen molar-refractivity contribution < 1.29 is 23.6 Å². The van der Waals surface area contributed by atoms with Gasteiger partial charge in [-0.1, -0.05) is 12.1 Å². The Morgan fingerprint density at radius 1 is 1.17 bits per heavy atom. The first kappa shape index (κ1) is 15.1. The Morgan fingerprint density at radius 3 is 2.22 bits per heavy atom. The lowest BCUT2D eigenvalue weighted by Gasteiger charge is -2.38. The third-order valence-electron chi connectivity index (χ3n) is 3.13. The van der Waals surface area contributed by atoms with E-state index in [1.165, 1.54) is 26.0 Å². The molecule has 1 aromatic rings. The van der Waals surface area contributed by atoms with Crippen LogP contribution in [0.1, 0.15) is 27.7 Å². The van der Waals surface area contributed by atoms with Gasteiger partial charge in [0.25, 0.3) is 0 Å². The van der Waals surface area contributed by atoms with Gasteiger partial charge in [0.1, 0.15) is 0 Å². The lowest BCUT2D eigenvalue weighted by molar-refractivity contribution is -0.0983. The van der Waals surface area contributed by atoms with Crippen LogP contribution in [0.4, 0.5) is 8.78 Å². The molecule has 3 nitrogen and oxygen atoms in total. The Labute approximate surface area is 106 Å². The van der Waals surface area contributed by atoms with Crippen LogP contribution in [0.15, 0.2) is 18.2 Å². The number of benzene rings is 1. The van der Waals surface area contributed by atoms with Gasteiger partial charge in [0, 0.05) is 5.46 Å². The highest BCUT2D eigenvalue weighted by molar-refractivity contribution is 6.60. The van der Waals surface area contributed by atoms with Crippen LogP contribution >= 0.6 is 0 Å². The van der Waals surface area contributed by atoms with E-state index in [2.05, 4.69) is 0 Å². The number of hydrogen-bond acceptors (Lipinski definition) is 3. The van der Waals surface area contributed by atoms with Gasteiger partial charge in [-0.3, -0.25) is 0 Å². The molecule has 0 atom stereocenters. The van der Waals surface area contributed by atoms with Crippen LogP contribution in [0.2, 0.25) is 0 Å². The fourth-order valence-corrected chi connectivity index (χ4v) is 1.20. The predicted octanol–water partition coefficient (Wildman–Crippen LogP) is 1.22. The second kappa shape index (κ2) is 4.95. The summed E-state index contributed by atoms with van der Waals surface area (Å²) in [7, 11) is -1.65. The van der Waals surface area contributed by atoms with Gasteiger partial charge in [-0.05, 0) is 33.8 Å². The molecule has 0 unspecified atom stereocenters. The third-order valence-corrected chi connectivity index (χ3v) is 3.13. The summed E-state index contributed by atoms with van der Waals surface area (Å²) in [6.07, 6.45) is 0. The van der Waals surface area contributed by atoms with Crippen LogP contribution in [0.3, 0.4) is 0 Å². The molecule has 0 saturated heterocycles. The van der Waals surface area contributed by atoms with E-state index in [1.54, 1.807) is 13.8 Å². The molecule has 1 rings (SSSR count). The Morgan fingerprint density at radius 2 is 1.72 bits per heavy atom. The van der Waals surface area contributed by atoms with Crippen LogP contribution in [-0.4, -0.2) is 28.5 Å². The molecule has 100 valence electrons. The van der Waals surface area contributed by atoms with Crippen molar-refractivity contribution in [3.8, 4) is 0 Å². The average Bonchev–Trinajstić information content (AvgIpc) is 2.19. The fourth-order valence-electron chi connectivity index (χ4n) is 1.20. The second-order valence-corrected chi connectivity index (χ2v) is 5.18. The van der Waals surface area contributed by atoms with Gasteiger partial charge in [0.05, 0.1) is 11.2 Å². The summed E-state index contributed by atoms with van der Waals surface area (Å²) >= 11 is 0. The molecule has 0 aliphatic carbocycles. The highest BCUT2D eigenvalue weighted by atomic mass is 19.2. The minimum atomic E-state index is -1.65. The Balaban J connectivity index is 2.96. The molecular formula is C12H17BF2O3. The lowest BCUT2D eigenvalue weighted by Crippen LogP contribution is -2.53. The zero-order valence-corrected chi connectivity index (χ0v) is 10.9. The maximum Gasteiger partial charge on any atom is 0.494 e. The van der Waals surface area contributed by atoms with Gasteiger partial charge in [-0.15, -0.1) is 0 Å². The Kier molecular flexibility index (Phi) is 4.15. The van der Waals surface area contributed by atoms with Crippen LogP contribution < -0.4 is 5.46 Å². The van der Waals surface area contributed by atoms with Crippen LogP contribution in [0.25, 0.3) is 0 Å².